The zero-order chi connectivity index (χ0) is 20.6. The van der Waals surface area contributed by atoms with Gasteiger partial charge < -0.3 is 10.6 Å². The fourth-order valence-electron chi connectivity index (χ4n) is 2.89. The Bertz CT molecular complexity index is 983. The quantitative estimate of drug-likeness (QED) is 0.524. The number of anilines is 1. The van der Waals surface area contributed by atoms with Crippen LogP contribution in [-0.4, -0.2) is 5.91 Å². The van der Waals surface area contributed by atoms with E-state index in [1.165, 1.54) is 11.6 Å². The molecule has 5 heteroatoms. The van der Waals surface area contributed by atoms with Gasteiger partial charge in [-0.25, -0.2) is 8.78 Å². The summed E-state index contributed by atoms with van der Waals surface area (Å²) in [6, 6.07) is 21.1. The smallest absolute Gasteiger partial charge is 0.244 e. The van der Waals surface area contributed by atoms with Gasteiger partial charge in [-0.15, -0.1) is 0 Å². The summed E-state index contributed by atoms with van der Waals surface area (Å²) in [5.41, 5.74) is 2.80. The molecule has 0 aliphatic heterocycles. The lowest BCUT2D eigenvalue weighted by atomic mass is 10.1. The second-order valence-corrected chi connectivity index (χ2v) is 6.66. The van der Waals surface area contributed by atoms with Crippen molar-refractivity contribution in [3.05, 3.63) is 107 Å². The van der Waals surface area contributed by atoms with E-state index in [1.54, 1.807) is 0 Å². The molecule has 3 rings (SSSR count). The molecule has 0 saturated carbocycles. The minimum atomic E-state index is -0.709. The highest BCUT2D eigenvalue weighted by Crippen LogP contribution is 2.19. The number of hydrogen-bond donors (Lipinski definition) is 2. The molecule has 0 aliphatic rings. The van der Waals surface area contributed by atoms with Crippen LogP contribution in [0.5, 0.6) is 0 Å². The summed E-state index contributed by atoms with van der Waals surface area (Å²) < 4.78 is 27.3. The third-order valence-corrected chi connectivity index (χ3v) is 4.49. The van der Waals surface area contributed by atoms with Crippen molar-refractivity contribution in [1.29, 1.82) is 0 Å². The summed E-state index contributed by atoms with van der Waals surface area (Å²) in [4.78, 5) is 12.2. The molecule has 0 heterocycles. The van der Waals surface area contributed by atoms with Crippen molar-refractivity contribution in [2.75, 3.05) is 5.32 Å². The van der Waals surface area contributed by atoms with Crippen LogP contribution >= 0.6 is 0 Å². The summed E-state index contributed by atoms with van der Waals surface area (Å²) in [6.07, 6.45) is 2.28. The zero-order valence-electron chi connectivity index (χ0n) is 16.0. The van der Waals surface area contributed by atoms with Crippen molar-refractivity contribution in [2.24, 2.45) is 0 Å². The predicted molar refractivity (Wildman–Crippen MR) is 112 cm³/mol. The Labute approximate surface area is 169 Å². The number of amides is 1. The average molecular weight is 392 g/mol. The standard InChI is InChI=1S/C24H22F2N2O/c1-17(28-24(29)14-13-21-22(25)11-6-12-23(21)26)19-9-5-10-20(15-19)27-16-18-7-3-2-4-8-18/h2-15,17,27H,16H2,1H3,(H,28,29)/b14-13+/t17-/m0/s1. The van der Waals surface area contributed by atoms with Crippen molar-refractivity contribution in [3.8, 4) is 0 Å². The largest absolute Gasteiger partial charge is 0.381 e. The number of nitrogens with one attached hydrogen (secondary N) is 2. The Kier molecular flexibility index (Phi) is 6.74. The molecule has 0 unspecified atom stereocenters. The van der Waals surface area contributed by atoms with Crippen molar-refractivity contribution in [3.63, 3.8) is 0 Å². The Morgan fingerprint density at radius 1 is 0.966 bits per heavy atom. The molecule has 0 bridgehead atoms. The van der Waals surface area contributed by atoms with Crippen LogP contribution in [-0.2, 0) is 11.3 Å². The second-order valence-electron chi connectivity index (χ2n) is 6.66. The maximum absolute atomic E-state index is 13.6. The molecule has 3 nitrogen and oxygen atoms in total. The molecule has 3 aromatic rings. The molecular formula is C24H22F2N2O. The van der Waals surface area contributed by atoms with Crippen molar-refractivity contribution in [1.82, 2.24) is 5.32 Å². The summed E-state index contributed by atoms with van der Waals surface area (Å²) in [5, 5.41) is 6.17. The van der Waals surface area contributed by atoms with Crippen LogP contribution in [0.1, 0.15) is 29.7 Å². The van der Waals surface area contributed by atoms with Gasteiger partial charge in [-0.3, -0.25) is 4.79 Å². The predicted octanol–water partition coefficient (Wildman–Crippen LogP) is 5.47. The fraction of sp³-hybridized carbons (Fsp3) is 0.125. The lowest BCUT2D eigenvalue weighted by Crippen LogP contribution is -2.24. The van der Waals surface area contributed by atoms with Crippen LogP contribution in [0.25, 0.3) is 6.08 Å². The Balaban J connectivity index is 1.60. The van der Waals surface area contributed by atoms with E-state index in [9.17, 15) is 13.6 Å². The van der Waals surface area contributed by atoms with Gasteiger partial charge in [0, 0.05) is 23.9 Å². The van der Waals surface area contributed by atoms with Gasteiger partial charge in [0.25, 0.3) is 0 Å². The summed E-state index contributed by atoms with van der Waals surface area (Å²) in [5.74, 6) is -1.85. The topological polar surface area (TPSA) is 41.1 Å². The van der Waals surface area contributed by atoms with Gasteiger partial charge in [-0.05, 0) is 48.4 Å². The number of hydrogen-bond acceptors (Lipinski definition) is 2. The van der Waals surface area contributed by atoms with Crippen molar-refractivity contribution >= 4 is 17.7 Å². The van der Waals surface area contributed by atoms with Gasteiger partial charge in [0.05, 0.1) is 6.04 Å². The van der Waals surface area contributed by atoms with E-state index in [2.05, 4.69) is 10.6 Å². The first-order valence-electron chi connectivity index (χ1n) is 9.33. The van der Waals surface area contributed by atoms with Crippen molar-refractivity contribution in [2.45, 2.75) is 19.5 Å². The minimum Gasteiger partial charge on any atom is -0.381 e. The van der Waals surface area contributed by atoms with E-state index >= 15 is 0 Å². The van der Waals surface area contributed by atoms with Gasteiger partial charge in [0.15, 0.2) is 0 Å². The Morgan fingerprint density at radius 3 is 2.38 bits per heavy atom. The molecule has 0 aromatic heterocycles. The number of halogens is 2. The second kappa shape index (κ2) is 9.64. The van der Waals surface area contributed by atoms with E-state index in [0.717, 1.165) is 35.5 Å². The number of carbonyl (C=O) groups excluding carboxylic acids is 1. The lowest BCUT2D eigenvalue weighted by Gasteiger charge is -2.15. The van der Waals surface area contributed by atoms with E-state index < -0.39 is 17.5 Å². The van der Waals surface area contributed by atoms with E-state index in [4.69, 9.17) is 0 Å². The fourth-order valence-corrected chi connectivity index (χ4v) is 2.89. The summed E-state index contributed by atoms with van der Waals surface area (Å²) >= 11 is 0. The van der Waals surface area contributed by atoms with E-state index in [0.29, 0.717) is 6.54 Å². The molecule has 1 atom stereocenters. The molecular weight excluding hydrogens is 370 g/mol. The highest BCUT2D eigenvalue weighted by atomic mass is 19.1. The van der Waals surface area contributed by atoms with E-state index in [-0.39, 0.29) is 11.6 Å². The Hall–Kier alpha value is -3.47. The highest BCUT2D eigenvalue weighted by Gasteiger charge is 2.10. The zero-order valence-corrected chi connectivity index (χ0v) is 16.0. The van der Waals surface area contributed by atoms with Crippen molar-refractivity contribution < 1.29 is 13.6 Å². The average Bonchev–Trinajstić information content (AvgIpc) is 2.73. The number of benzene rings is 3. The molecule has 0 saturated heterocycles. The molecule has 0 radical (unpaired) electrons. The molecule has 0 spiro atoms. The minimum absolute atomic E-state index is 0.234. The van der Waals surface area contributed by atoms with Crippen LogP contribution < -0.4 is 10.6 Å². The first-order chi connectivity index (χ1) is 14.0. The number of rotatable bonds is 7. The molecule has 0 aliphatic carbocycles. The van der Waals surface area contributed by atoms with Crippen LogP contribution in [0.15, 0.2) is 78.9 Å². The normalized spacial score (nSPS) is 12.0. The molecule has 148 valence electrons. The Morgan fingerprint density at radius 2 is 1.66 bits per heavy atom. The van der Waals surface area contributed by atoms with Crippen LogP contribution in [0.4, 0.5) is 14.5 Å². The SMILES string of the molecule is C[C@H](NC(=O)/C=C/c1c(F)cccc1F)c1cccc(NCc2ccccc2)c1. The monoisotopic (exact) mass is 392 g/mol. The maximum atomic E-state index is 13.6. The lowest BCUT2D eigenvalue weighted by molar-refractivity contribution is -0.117. The molecule has 3 aromatic carbocycles. The summed E-state index contributed by atoms with van der Waals surface area (Å²) in [6.45, 7) is 2.55. The van der Waals surface area contributed by atoms with Crippen LogP contribution in [0, 0.1) is 11.6 Å². The maximum Gasteiger partial charge on any atom is 0.244 e. The molecule has 0 fully saturated rings. The van der Waals surface area contributed by atoms with Gasteiger partial charge in [0.1, 0.15) is 11.6 Å². The molecule has 2 N–H and O–H groups in total. The van der Waals surface area contributed by atoms with Gasteiger partial charge in [-0.2, -0.15) is 0 Å². The van der Waals surface area contributed by atoms with Gasteiger partial charge >= 0.3 is 0 Å². The van der Waals surface area contributed by atoms with Crippen LogP contribution in [0.3, 0.4) is 0 Å². The molecule has 1 amide bonds. The van der Waals surface area contributed by atoms with Gasteiger partial charge in [0.2, 0.25) is 5.91 Å². The molecule has 29 heavy (non-hydrogen) atoms. The number of carbonyl (C=O) groups is 1. The third-order valence-electron chi connectivity index (χ3n) is 4.49. The highest BCUT2D eigenvalue weighted by molar-refractivity contribution is 5.92. The van der Waals surface area contributed by atoms with Crippen LogP contribution in [0.2, 0.25) is 0 Å². The first-order valence-corrected chi connectivity index (χ1v) is 9.33. The summed E-state index contributed by atoms with van der Waals surface area (Å²) in [7, 11) is 0. The van der Waals surface area contributed by atoms with E-state index in [1.807, 2.05) is 61.5 Å². The third kappa shape index (κ3) is 5.75. The first kappa shape index (κ1) is 20.3. The van der Waals surface area contributed by atoms with Gasteiger partial charge in [-0.1, -0.05) is 48.5 Å².